The van der Waals surface area contributed by atoms with Gasteiger partial charge in [0.25, 0.3) is 10.1 Å². The molecule has 2 aromatic rings. The lowest BCUT2D eigenvalue weighted by Gasteiger charge is -2.29. The molecule has 14 heteroatoms. The molecule has 0 bridgehead atoms. The van der Waals surface area contributed by atoms with Crippen molar-refractivity contribution in [1.29, 1.82) is 0 Å². The Morgan fingerprint density at radius 3 is 2.05 bits per heavy atom. The largest absolute Gasteiger partial charge is 0.455 e. The Balaban J connectivity index is 1.99. The maximum Gasteiger partial charge on any atom is 0.432 e. The molecule has 0 unspecified atom stereocenters. The summed E-state index contributed by atoms with van der Waals surface area (Å²) in [7, 11) is -4.24. The number of rotatable bonds is 8. The van der Waals surface area contributed by atoms with Crippen LogP contribution in [0.3, 0.4) is 0 Å². The van der Waals surface area contributed by atoms with Crippen molar-refractivity contribution >= 4 is 28.0 Å². The fourth-order valence-electron chi connectivity index (χ4n) is 3.48. The minimum absolute atomic E-state index is 0.0640. The summed E-state index contributed by atoms with van der Waals surface area (Å²) in [6, 6.07) is 5.99. The Bertz CT molecular complexity index is 1320. The Labute approximate surface area is 226 Å². The molecular weight excluding hydrogens is 534 g/mol. The second-order valence-corrected chi connectivity index (χ2v) is 12.9. The number of aryl methyl sites for hydroxylation is 1. The molecule has 1 saturated heterocycles. The average molecular weight is 568 g/mol. The van der Waals surface area contributed by atoms with Crippen LogP contribution in [0.25, 0.3) is 0 Å². The van der Waals surface area contributed by atoms with Gasteiger partial charge in [0.15, 0.2) is 18.3 Å². The van der Waals surface area contributed by atoms with Gasteiger partial charge in [-0.3, -0.25) is 13.8 Å². The van der Waals surface area contributed by atoms with Crippen LogP contribution in [0.5, 0.6) is 0 Å². The molecule has 4 atom stereocenters. The molecule has 0 radical (unpaired) electrons. The predicted octanol–water partition coefficient (Wildman–Crippen LogP) is 3.39. The van der Waals surface area contributed by atoms with Crippen LogP contribution in [0.2, 0.25) is 0 Å². The lowest BCUT2D eigenvalue weighted by atomic mass is 9.96. The van der Waals surface area contributed by atoms with Crippen molar-refractivity contribution in [2.75, 3.05) is 6.61 Å². The third-order valence-electron chi connectivity index (χ3n) is 5.78. The van der Waals surface area contributed by atoms with Gasteiger partial charge in [0, 0.05) is 0 Å². The van der Waals surface area contributed by atoms with E-state index in [0.717, 1.165) is 11.8 Å². The van der Waals surface area contributed by atoms with E-state index in [2.05, 4.69) is 9.97 Å². The number of aromatic nitrogens is 2. The van der Waals surface area contributed by atoms with Gasteiger partial charge in [0.05, 0.1) is 22.3 Å². The van der Waals surface area contributed by atoms with E-state index in [1.165, 1.54) is 12.1 Å². The normalized spacial score (nSPS) is 21.9. The Morgan fingerprint density at radius 2 is 1.56 bits per heavy atom. The molecule has 1 N–H and O–H groups in total. The zero-order valence-corrected chi connectivity index (χ0v) is 23.6. The van der Waals surface area contributed by atoms with E-state index in [-0.39, 0.29) is 10.6 Å². The number of carbonyl (C=O) groups is 2. The molecule has 39 heavy (non-hydrogen) atoms. The van der Waals surface area contributed by atoms with Crippen LogP contribution in [0.15, 0.2) is 35.4 Å². The van der Waals surface area contributed by atoms with E-state index in [1.807, 2.05) is 0 Å². The second-order valence-electron chi connectivity index (χ2n) is 11.3. The van der Waals surface area contributed by atoms with E-state index in [9.17, 15) is 28.1 Å². The number of hydrogen-bond acceptors (Lipinski definition) is 11. The summed E-state index contributed by atoms with van der Waals surface area (Å²) in [5, 5.41) is 11.2. The van der Waals surface area contributed by atoms with Crippen molar-refractivity contribution in [3.05, 3.63) is 51.8 Å². The van der Waals surface area contributed by atoms with Crippen LogP contribution in [-0.4, -0.2) is 60.2 Å². The summed E-state index contributed by atoms with van der Waals surface area (Å²) in [6.07, 6.45) is -3.94. The number of ether oxygens (including phenoxy) is 3. The molecule has 0 aliphatic carbocycles. The lowest BCUT2D eigenvalue weighted by molar-refractivity contribution is -0.393. The SMILES string of the molecule is Cc1ccc(S(=O)(=O)OC[C@H]2O[C@H](c3cnc([N+](=O)[O-])[nH]3)[C@@H](OC(=O)C(C)(C)C)[C@@H]2OC(=O)C(C)(C)C)cc1. The van der Waals surface area contributed by atoms with Crippen molar-refractivity contribution in [2.45, 2.75) is 77.8 Å². The summed E-state index contributed by atoms with van der Waals surface area (Å²) in [4.78, 5) is 42.3. The number of esters is 2. The molecule has 1 fully saturated rings. The summed E-state index contributed by atoms with van der Waals surface area (Å²) >= 11 is 0. The first-order valence-electron chi connectivity index (χ1n) is 12.1. The van der Waals surface area contributed by atoms with Crippen LogP contribution in [0, 0.1) is 27.9 Å². The monoisotopic (exact) mass is 567 g/mol. The molecule has 1 aliphatic heterocycles. The van der Waals surface area contributed by atoms with Crippen LogP contribution in [0.4, 0.5) is 5.95 Å². The molecule has 0 amide bonds. The highest BCUT2D eigenvalue weighted by atomic mass is 32.2. The first-order valence-corrected chi connectivity index (χ1v) is 13.5. The van der Waals surface area contributed by atoms with E-state index >= 15 is 0 Å². The maximum absolute atomic E-state index is 12.9. The number of nitrogens with one attached hydrogen (secondary N) is 1. The molecule has 1 aliphatic rings. The zero-order valence-electron chi connectivity index (χ0n) is 22.8. The topological polar surface area (TPSA) is 177 Å². The standard InChI is InChI=1S/C25H33N3O10S/c1-14-8-10-15(11-9-14)39(33,34)35-13-17-19(37-21(29)24(2,3)4)20(38-22(30)25(5,6)7)18(36-17)16-12-26-23(27-16)28(31)32/h8-12,17-20H,13H2,1-7H3,(H,26,27)/t17-,18-,19-,20-/m1/s1. The van der Waals surface area contributed by atoms with Crippen LogP contribution < -0.4 is 0 Å². The van der Waals surface area contributed by atoms with Gasteiger partial charge >= 0.3 is 17.9 Å². The van der Waals surface area contributed by atoms with E-state index in [0.29, 0.717) is 0 Å². The highest BCUT2D eigenvalue weighted by molar-refractivity contribution is 7.86. The van der Waals surface area contributed by atoms with Crippen molar-refractivity contribution in [3.63, 3.8) is 0 Å². The number of aromatic amines is 1. The number of benzene rings is 1. The van der Waals surface area contributed by atoms with Crippen molar-refractivity contribution in [3.8, 4) is 0 Å². The highest BCUT2D eigenvalue weighted by Gasteiger charge is 2.53. The van der Waals surface area contributed by atoms with Gasteiger partial charge in [-0.05, 0) is 65.5 Å². The molecule has 1 aromatic carbocycles. The second kappa shape index (κ2) is 11.0. The van der Waals surface area contributed by atoms with E-state index in [1.54, 1.807) is 60.6 Å². The Morgan fingerprint density at radius 1 is 1.03 bits per heavy atom. The number of imidazole rings is 1. The summed E-state index contributed by atoms with van der Waals surface area (Å²) in [5.41, 5.74) is -1.02. The summed E-state index contributed by atoms with van der Waals surface area (Å²) in [5.74, 6) is -1.92. The molecular formula is C25H33N3O10S. The van der Waals surface area contributed by atoms with Gasteiger partial charge < -0.3 is 24.3 Å². The van der Waals surface area contributed by atoms with Gasteiger partial charge in [0.1, 0.15) is 18.0 Å². The maximum atomic E-state index is 12.9. The van der Waals surface area contributed by atoms with E-state index in [4.69, 9.17) is 18.4 Å². The van der Waals surface area contributed by atoms with Crippen molar-refractivity contribution < 1.29 is 41.3 Å². The lowest BCUT2D eigenvalue weighted by Crippen LogP contribution is -2.44. The molecule has 13 nitrogen and oxygen atoms in total. The zero-order chi connectivity index (χ0) is 29.3. The number of H-pyrrole nitrogens is 1. The number of carbonyl (C=O) groups excluding carboxylic acids is 2. The van der Waals surface area contributed by atoms with Crippen molar-refractivity contribution in [1.82, 2.24) is 9.97 Å². The molecule has 1 aromatic heterocycles. The fraction of sp³-hybridized carbons (Fsp3) is 0.560. The highest BCUT2D eigenvalue weighted by Crippen LogP contribution is 2.39. The average Bonchev–Trinajstić information content (AvgIpc) is 3.43. The summed E-state index contributed by atoms with van der Waals surface area (Å²) in [6.45, 7) is 10.9. The number of nitrogens with zero attached hydrogens (tertiary/aromatic N) is 2. The number of hydrogen-bond donors (Lipinski definition) is 1. The smallest absolute Gasteiger partial charge is 0.432 e. The Hall–Kier alpha value is -3.36. The van der Waals surface area contributed by atoms with Gasteiger partial charge in [0.2, 0.25) is 0 Å². The quantitative estimate of drug-likeness (QED) is 0.214. The first kappa shape index (κ1) is 30.2. The fourth-order valence-corrected chi connectivity index (χ4v) is 4.39. The van der Waals surface area contributed by atoms with Gasteiger partial charge in [-0.1, -0.05) is 22.7 Å². The third-order valence-corrected chi connectivity index (χ3v) is 7.08. The molecule has 214 valence electrons. The third kappa shape index (κ3) is 7.19. The molecule has 2 heterocycles. The number of nitro groups is 1. The van der Waals surface area contributed by atoms with Gasteiger partial charge in [-0.2, -0.15) is 8.42 Å². The Kier molecular flexibility index (Phi) is 8.53. The first-order chi connectivity index (χ1) is 17.9. The van der Waals surface area contributed by atoms with Gasteiger partial charge in [-0.25, -0.2) is 4.98 Å². The minimum Gasteiger partial charge on any atom is -0.455 e. The summed E-state index contributed by atoms with van der Waals surface area (Å²) < 4.78 is 48.4. The van der Waals surface area contributed by atoms with Crippen LogP contribution >= 0.6 is 0 Å². The van der Waals surface area contributed by atoms with E-state index < -0.39 is 74.8 Å². The minimum atomic E-state index is -4.24. The van der Waals surface area contributed by atoms with Crippen LogP contribution in [0.1, 0.15) is 58.9 Å². The van der Waals surface area contributed by atoms with Crippen molar-refractivity contribution in [2.24, 2.45) is 10.8 Å². The predicted molar refractivity (Wildman–Crippen MR) is 136 cm³/mol. The molecule has 3 rings (SSSR count). The molecule has 0 saturated carbocycles. The van der Waals surface area contributed by atoms with Crippen LogP contribution in [-0.2, 0) is 38.1 Å². The van der Waals surface area contributed by atoms with Gasteiger partial charge in [-0.15, -0.1) is 0 Å². The molecule has 0 spiro atoms.